The van der Waals surface area contributed by atoms with Crippen molar-refractivity contribution in [2.75, 3.05) is 27.2 Å². The second kappa shape index (κ2) is 16.0. The van der Waals surface area contributed by atoms with Crippen molar-refractivity contribution in [3.8, 4) is 11.4 Å². The van der Waals surface area contributed by atoms with Crippen molar-refractivity contribution in [1.29, 1.82) is 0 Å². The molecule has 14 heteroatoms. The fraction of sp³-hybridized carbons (Fsp3) is 0.474. The first-order valence-corrected chi connectivity index (χ1v) is 17.7. The summed E-state index contributed by atoms with van der Waals surface area (Å²) in [7, 11) is 3.46. The fourth-order valence-corrected chi connectivity index (χ4v) is 6.65. The van der Waals surface area contributed by atoms with Crippen LogP contribution in [0.2, 0.25) is 0 Å². The molecule has 0 spiro atoms. The minimum Gasteiger partial charge on any atom is -0.342 e. The predicted molar refractivity (Wildman–Crippen MR) is 185 cm³/mol. The first kappa shape index (κ1) is 38.6. The Hall–Kier alpha value is -4.62. The number of alkyl halides is 6. The number of hydrogen-bond acceptors (Lipinski definition) is 4. The van der Waals surface area contributed by atoms with Crippen molar-refractivity contribution >= 4 is 11.8 Å². The second-order valence-corrected chi connectivity index (χ2v) is 13.3. The average molecular weight is 731 g/mol. The molecule has 2 amide bonds. The molecule has 2 aliphatic rings. The first-order chi connectivity index (χ1) is 24.6. The lowest BCUT2D eigenvalue weighted by atomic mass is 9.95. The largest absolute Gasteiger partial charge is 0.435 e. The Morgan fingerprint density at radius 3 is 1.38 bits per heavy atom. The van der Waals surface area contributed by atoms with Gasteiger partial charge in [-0.3, -0.25) is 9.59 Å². The van der Waals surface area contributed by atoms with Gasteiger partial charge in [0.1, 0.15) is 0 Å². The Morgan fingerprint density at radius 1 is 0.635 bits per heavy atom. The smallest absolute Gasteiger partial charge is 0.342 e. The standard InChI is InChI=1S/C20H24F3N3O.C18H20F3N3O/c1-3-4-13-25(2)19(27)14-9-11-15(12-10-14)26-17-8-6-5-7-16(17)18(24-26)20(21,22)23;1-3-23(2)17(25)12-8-10-13(11-9-12)24-15-7-5-4-6-14(15)16(22-24)18(19,20)21/h9-12H,3-8,13H2,1-2H3;8-11H,3-7H2,1-2H3. The van der Waals surface area contributed by atoms with E-state index in [2.05, 4.69) is 17.1 Å². The van der Waals surface area contributed by atoms with Gasteiger partial charge in [0.25, 0.3) is 11.8 Å². The van der Waals surface area contributed by atoms with E-state index in [4.69, 9.17) is 0 Å². The van der Waals surface area contributed by atoms with E-state index in [0.29, 0.717) is 83.8 Å². The number of fused-ring (bicyclic) bond motifs is 2. The Morgan fingerprint density at radius 2 is 1.02 bits per heavy atom. The van der Waals surface area contributed by atoms with E-state index in [1.165, 1.54) is 9.36 Å². The van der Waals surface area contributed by atoms with Crippen LogP contribution in [0.5, 0.6) is 0 Å². The monoisotopic (exact) mass is 730 g/mol. The predicted octanol–water partition coefficient (Wildman–Crippen LogP) is 8.50. The van der Waals surface area contributed by atoms with Crippen molar-refractivity contribution in [3.63, 3.8) is 0 Å². The molecule has 2 aromatic heterocycles. The molecule has 280 valence electrons. The van der Waals surface area contributed by atoms with E-state index in [0.717, 1.165) is 38.5 Å². The molecule has 0 bridgehead atoms. The molecule has 4 aromatic rings. The van der Waals surface area contributed by atoms with E-state index in [1.54, 1.807) is 72.4 Å². The summed E-state index contributed by atoms with van der Waals surface area (Å²) in [6.45, 7) is 5.20. The highest BCUT2D eigenvalue weighted by molar-refractivity contribution is 5.94. The quantitative estimate of drug-likeness (QED) is 0.171. The zero-order valence-corrected chi connectivity index (χ0v) is 29.9. The maximum Gasteiger partial charge on any atom is 0.435 e. The van der Waals surface area contributed by atoms with Gasteiger partial charge in [0.05, 0.1) is 11.4 Å². The minimum atomic E-state index is -4.45. The van der Waals surface area contributed by atoms with E-state index in [1.807, 2.05) is 6.92 Å². The van der Waals surface area contributed by atoms with Crippen LogP contribution >= 0.6 is 0 Å². The number of nitrogens with zero attached hydrogens (tertiary/aromatic N) is 6. The summed E-state index contributed by atoms with van der Waals surface area (Å²) in [5.41, 5.74) is 2.44. The van der Waals surface area contributed by atoms with Crippen LogP contribution < -0.4 is 0 Å². The number of carbonyl (C=O) groups is 2. The van der Waals surface area contributed by atoms with Gasteiger partial charge in [-0.2, -0.15) is 36.5 Å². The maximum atomic E-state index is 13.3. The number of amides is 2. The van der Waals surface area contributed by atoms with Gasteiger partial charge in [0, 0.05) is 60.8 Å². The van der Waals surface area contributed by atoms with Gasteiger partial charge in [-0.1, -0.05) is 13.3 Å². The maximum absolute atomic E-state index is 13.3. The molecule has 0 atom stereocenters. The van der Waals surface area contributed by atoms with Crippen molar-refractivity contribution in [2.45, 2.75) is 90.4 Å². The molecule has 2 heterocycles. The third-order valence-corrected chi connectivity index (χ3v) is 9.63. The molecule has 0 N–H and O–H groups in total. The lowest BCUT2D eigenvalue weighted by molar-refractivity contribution is -0.142. The molecule has 2 aliphatic carbocycles. The highest BCUT2D eigenvalue weighted by Gasteiger charge is 2.41. The molecular weight excluding hydrogens is 686 g/mol. The van der Waals surface area contributed by atoms with Crippen LogP contribution in [0.25, 0.3) is 11.4 Å². The molecule has 2 aromatic carbocycles. The summed E-state index contributed by atoms with van der Waals surface area (Å²) in [5, 5.41) is 7.74. The number of halogens is 6. The van der Waals surface area contributed by atoms with Gasteiger partial charge in [0.2, 0.25) is 0 Å². The highest BCUT2D eigenvalue weighted by atomic mass is 19.4. The molecule has 0 radical (unpaired) electrons. The van der Waals surface area contributed by atoms with Crippen molar-refractivity contribution < 1.29 is 35.9 Å². The number of benzene rings is 2. The van der Waals surface area contributed by atoms with Gasteiger partial charge in [-0.25, -0.2) is 9.36 Å². The number of unbranched alkanes of at least 4 members (excludes halogenated alkanes) is 1. The Kier molecular flexibility index (Phi) is 11.8. The SMILES string of the molecule is CCCCN(C)C(=O)c1ccc(-n2nc(C(F)(F)F)c3c2CCCC3)cc1.CCN(C)C(=O)c1ccc(-n2nc(C(F)(F)F)c3c2CCCC3)cc1. The molecule has 0 aliphatic heterocycles. The van der Waals surface area contributed by atoms with Crippen LogP contribution in [-0.2, 0) is 38.0 Å². The third kappa shape index (κ3) is 8.36. The molecule has 52 heavy (non-hydrogen) atoms. The third-order valence-electron chi connectivity index (χ3n) is 9.63. The van der Waals surface area contributed by atoms with Gasteiger partial charge in [-0.05, 0) is 113 Å². The number of hydrogen-bond donors (Lipinski definition) is 0. The number of rotatable bonds is 8. The van der Waals surface area contributed by atoms with Crippen molar-refractivity contribution in [1.82, 2.24) is 29.4 Å². The Bertz CT molecular complexity index is 1860. The second-order valence-electron chi connectivity index (χ2n) is 13.3. The molecule has 0 unspecified atom stereocenters. The van der Waals surface area contributed by atoms with Gasteiger partial charge < -0.3 is 9.80 Å². The Labute approximate surface area is 299 Å². The molecule has 0 saturated carbocycles. The molecular formula is C38H44F6N6O2. The average Bonchev–Trinajstić information content (AvgIpc) is 3.74. The number of aromatic nitrogens is 4. The van der Waals surface area contributed by atoms with Crippen LogP contribution in [0.4, 0.5) is 26.3 Å². The summed E-state index contributed by atoms with van der Waals surface area (Å²) in [4.78, 5) is 27.8. The molecule has 8 nitrogen and oxygen atoms in total. The lowest BCUT2D eigenvalue weighted by Crippen LogP contribution is -2.27. The first-order valence-electron chi connectivity index (χ1n) is 17.7. The van der Waals surface area contributed by atoms with Gasteiger partial charge in [0.15, 0.2) is 11.4 Å². The van der Waals surface area contributed by atoms with Gasteiger partial charge >= 0.3 is 12.4 Å². The van der Waals surface area contributed by atoms with Crippen molar-refractivity contribution in [3.05, 3.63) is 93.6 Å². The normalized spacial score (nSPS) is 14.2. The summed E-state index contributed by atoms with van der Waals surface area (Å²) < 4.78 is 82.6. The summed E-state index contributed by atoms with van der Waals surface area (Å²) in [5.74, 6) is -0.207. The topological polar surface area (TPSA) is 76.3 Å². The molecule has 6 rings (SSSR count). The zero-order chi connectivity index (χ0) is 37.8. The molecule has 0 saturated heterocycles. The van der Waals surface area contributed by atoms with Crippen LogP contribution in [0.3, 0.4) is 0 Å². The van der Waals surface area contributed by atoms with Crippen LogP contribution in [0.15, 0.2) is 48.5 Å². The van der Waals surface area contributed by atoms with Crippen LogP contribution in [-0.4, -0.2) is 68.4 Å². The zero-order valence-electron chi connectivity index (χ0n) is 29.9. The van der Waals surface area contributed by atoms with E-state index in [-0.39, 0.29) is 11.8 Å². The highest BCUT2D eigenvalue weighted by Crippen LogP contribution is 2.38. The summed E-state index contributed by atoms with van der Waals surface area (Å²) in [6, 6.07) is 13.2. The molecule has 0 fully saturated rings. The number of carbonyl (C=O) groups excluding carboxylic acids is 2. The van der Waals surface area contributed by atoms with Crippen molar-refractivity contribution in [2.24, 2.45) is 0 Å². The van der Waals surface area contributed by atoms with Gasteiger partial charge in [-0.15, -0.1) is 0 Å². The summed E-state index contributed by atoms with van der Waals surface area (Å²) >= 11 is 0. The van der Waals surface area contributed by atoms with E-state index >= 15 is 0 Å². The fourth-order valence-electron chi connectivity index (χ4n) is 6.65. The Balaban J connectivity index is 0.000000202. The van der Waals surface area contributed by atoms with Crippen LogP contribution in [0.1, 0.15) is 107 Å². The van der Waals surface area contributed by atoms with E-state index in [9.17, 15) is 35.9 Å². The minimum absolute atomic E-state index is 0.0894. The van der Waals surface area contributed by atoms with Crippen LogP contribution in [0, 0.1) is 0 Å². The van der Waals surface area contributed by atoms with E-state index < -0.39 is 23.7 Å². The lowest BCUT2D eigenvalue weighted by Gasteiger charge is -2.17. The summed E-state index contributed by atoms with van der Waals surface area (Å²) in [6.07, 6.45) is -1.79.